The van der Waals surface area contributed by atoms with E-state index in [-0.39, 0.29) is 0 Å². The molecular weight excluding hydrogens is 486 g/mol. The maximum Gasteiger partial charge on any atom is 0.430 e. The Hall–Kier alpha value is -2.15. The van der Waals surface area contributed by atoms with E-state index < -0.39 is 33.5 Å². The minimum Gasteiger partial charge on any atom is -0.369 e. The predicted octanol–water partition coefficient (Wildman–Crippen LogP) is 4.05. The molecule has 0 radical (unpaired) electrons. The van der Waals surface area contributed by atoms with Crippen molar-refractivity contribution in [3.8, 4) is 11.1 Å². The van der Waals surface area contributed by atoms with Gasteiger partial charge in [-0.2, -0.15) is 30.6 Å². The lowest BCUT2D eigenvalue weighted by Crippen LogP contribution is -2.53. The lowest BCUT2D eigenvalue weighted by molar-refractivity contribution is -0.376. The summed E-state index contributed by atoms with van der Waals surface area (Å²) >= 11 is 0. The first-order valence-electron chi connectivity index (χ1n) is 10.3. The molecule has 1 saturated heterocycles. The van der Waals surface area contributed by atoms with Gasteiger partial charge in [-0.1, -0.05) is 42.5 Å². The number of alkyl halides is 6. The van der Waals surface area contributed by atoms with Crippen LogP contribution in [0, 0.1) is 6.92 Å². The molecule has 2 aromatic carbocycles. The van der Waals surface area contributed by atoms with E-state index in [1.54, 1.807) is 19.1 Å². The van der Waals surface area contributed by atoms with Crippen molar-refractivity contribution in [3.05, 3.63) is 59.2 Å². The van der Waals surface area contributed by atoms with Crippen molar-refractivity contribution in [2.24, 2.45) is 0 Å². The highest BCUT2D eigenvalue weighted by atomic mass is 32.2. The monoisotopic (exact) mass is 510 g/mol. The van der Waals surface area contributed by atoms with Crippen molar-refractivity contribution in [3.63, 3.8) is 0 Å². The molecule has 5 nitrogen and oxygen atoms in total. The van der Waals surface area contributed by atoms with Crippen LogP contribution in [0.1, 0.15) is 16.7 Å². The number of benzene rings is 2. The molecule has 1 aliphatic heterocycles. The first-order chi connectivity index (χ1) is 15.5. The summed E-state index contributed by atoms with van der Waals surface area (Å²) in [7, 11) is -3.23. The topological polar surface area (TPSA) is 60.9 Å². The minimum absolute atomic E-state index is 0.393. The zero-order valence-electron chi connectivity index (χ0n) is 18.4. The van der Waals surface area contributed by atoms with Gasteiger partial charge in [0.25, 0.3) is 5.60 Å². The molecule has 0 atom stereocenters. The Morgan fingerprint density at radius 3 is 1.85 bits per heavy atom. The van der Waals surface area contributed by atoms with E-state index in [0.717, 1.165) is 23.3 Å². The molecule has 0 amide bonds. The average molecular weight is 511 g/mol. The van der Waals surface area contributed by atoms with E-state index >= 15 is 0 Å². The lowest BCUT2D eigenvalue weighted by atomic mass is 9.90. The summed E-state index contributed by atoms with van der Waals surface area (Å²) in [4.78, 5) is 2.10. The number of halogens is 6. The maximum absolute atomic E-state index is 13.1. The molecule has 12 heteroatoms. The smallest absolute Gasteiger partial charge is 0.369 e. The van der Waals surface area contributed by atoms with Gasteiger partial charge in [-0.3, -0.25) is 4.90 Å². The molecule has 0 aromatic heterocycles. The van der Waals surface area contributed by atoms with Crippen molar-refractivity contribution in [2.45, 2.75) is 31.4 Å². The van der Waals surface area contributed by atoms with Crippen LogP contribution in [0.4, 0.5) is 26.3 Å². The number of piperazine rings is 1. The zero-order valence-corrected chi connectivity index (χ0v) is 19.2. The van der Waals surface area contributed by atoms with E-state index in [0.29, 0.717) is 56.0 Å². The molecule has 3 rings (SSSR count). The summed E-state index contributed by atoms with van der Waals surface area (Å²) < 4.78 is 103. The van der Waals surface area contributed by atoms with E-state index in [9.17, 15) is 39.9 Å². The summed E-state index contributed by atoms with van der Waals surface area (Å²) in [5, 5.41) is 9.53. The molecule has 0 bridgehead atoms. The number of nitrogens with zero attached hydrogens (tertiary/aromatic N) is 2. The standard InChI is InChI=1S/C22H24F6N2O3S/c1-15-13-16(14-29-9-11-30(12-10-29)34(2,32)33)3-8-19(15)17-4-6-18(7-5-17)20(31,21(23,24)25)22(26,27)28/h3-8,13,31H,9-12,14H2,1-2H3. The quantitative estimate of drug-likeness (QED) is 0.617. The predicted molar refractivity (Wildman–Crippen MR) is 114 cm³/mol. The first kappa shape index (κ1) is 26.5. The van der Waals surface area contributed by atoms with Gasteiger partial charge in [0, 0.05) is 38.3 Å². The average Bonchev–Trinajstić information content (AvgIpc) is 2.71. The van der Waals surface area contributed by atoms with Crippen LogP contribution in [0.15, 0.2) is 42.5 Å². The second kappa shape index (κ2) is 9.14. The van der Waals surface area contributed by atoms with Gasteiger partial charge < -0.3 is 5.11 Å². The Morgan fingerprint density at radius 2 is 1.41 bits per heavy atom. The number of aryl methyl sites for hydroxylation is 1. The van der Waals surface area contributed by atoms with Crippen LogP contribution < -0.4 is 0 Å². The highest BCUT2D eigenvalue weighted by Gasteiger charge is 2.71. The van der Waals surface area contributed by atoms with Gasteiger partial charge in [0.1, 0.15) is 0 Å². The number of aliphatic hydroxyl groups is 1. The minimum atomic E-state index is -5.93. The van der Waals surface area contributed by atoms with Crippen LogP contribution in [0.5, 0.6) is 0 Å². The van der Waals surface area contributed by atoms with E-state index in [1.807, 2.05) is 6.07 Å². The summed E-state index contributed by atoms with van der Waals surface area (Å²) in [5.74, 6) is 0. The zero-order chi connectivity index (χ0) is 25.5. The van der Waals surface area contributed by atoms with Crippen molar-refractivity contribution in [2.75, 3.05) is 32.4 Å². The Kier molecular flexibility index (Phi) is 7.11. The second-order valence-electron chi connectivity index (χ2n) is 8.37. The molecular formula is C22H24F6N2O3S. The van der Waals surface area contributed by atoms with E-state index in [1.165, 1.54) is 10.6 Å². The van der Waals surface area contributed by atoms with Gasteiger partial charge in [-0.25, -0.2) is 8.42 Å². The molecule has 1 heterocycles. The molecule has 0 unspecified atom stereocenters. The summed E-state index contributed by atoms with van der Waals surface area (Å²) in [6.07, 6.45) is -10.7. The molecule has 0 aliphatic carbocycles. The summed E-state index contributed by atoms with van der Waals surface area (Å²) in [6, 6.07) is 8.89. The SMILES string of the molecule is Cc1cc(CN2CCN(S(C)(=O)=O)CC2)ccc1-c1ccc(C(O)(C(F)(F)F)C(F)(F)F)cc1. The van der Waals surface area contributed by atoms with Gasteiger partial charge in [0.2, 0.25) is 10.0 Å². The van der Waals surface area contributed by atoms with Crippen molar-refractivity contribution in [1.82, 2.24) is 9.21 Å². The first-order valence-corrected chi connectivity index (χ1v) is 12.1. The third-order valence-electron chi connectivity index (χ3n) is 5.93. The molecule has 1 N–H and O–H groups in total. The van der Waals surface area contributed by atoms with Gasteiger partial charge in [0.05, 0.1) is 6.26 Å². The Labute approximate surface area is 193 Å². The van der Waals surface area contributed by atoms with Crippen LogP contribution in [0.3, 0.4) is 0 Å². The number of hydrogen-bond acceptors (Lipinski definition) is 4. The summed E-state index contributed by atoms with van der Waals surface area (Å²) in [5.41, 5.74) is -3.53. The number of sulfonamides is 1. The summed E-state index contributed by atoms with van der Waals surface area (Å²) in [6.45, 7) is 4.26. The van der Waals surface area contributed by atoms with Crippen molar-refractivity contribution >= 4 is 10.0 Å². The second-order valence-corrected chi connectivity index (χ2v) is 10.4. The van der Waals surface area contributed by atoms with Crippen molar-refractivity contribution in [1.29, 1.82) is 0 Å². The Balaban J connectivity index is 1.77. The van der Waals surface area contributed by atoms with Crippen LogP contribution in [-0.2, 0) is 22.2 Å². The number of hydrogen-bond donors (Lipinski definition) is 1. The van der Waals surface area contributed by atoms with Crippen LogP contribution in [0.25, 0.3) is 11.1 Å². The molecule has 1 fully saturated rings. The van der Waals surface area contributed by atoms with Crippen molar-refractivity contribution < 1.29 is 39.9 Å². The molecule has 1 aliphatic rings. The van der Waals surface area contributed by atoms with Gasteiger partial charge in [-0.15, -0.1) is 0 Å². The van der Waals surface area contributed by atoms with E-state index in [2.05, 4.69) is 4.90 Å². The number of rotatable bonds is 5. The molecule has 188 valence electrons. The van der Waals surface area contributed by atoms with Gasteiger partial charge in [0.15, 0.2) is 0 Å². The molecule has 0 spiro atoms. The van der Waals surface area contributed by atoms with Crippen LogP contribution in [0.2, 0.25) is 0 Å². The highest BCUT2D eigenvalue weighted by Crippen LogP contribution is 2.50. The maximum atomic E-state index is 13.1. The van der Waals surface area contributed by atoms with Gasteiger partial charge >= 0.3 is 12.4 Å². The van der Waals surface area contributed by atoms with Crippen LogP contribution in [-0.4, -0.2) is 67.5 Å². The fraction of sp³-hybridized carbons (Fsp3) is 0.455. The Morgan fingerprint density at radius 1 is 0.882 bits per heavy atom. The highest BCUT2D eigenvalue weighted by molar-refractivity contribution is 7.88. The molecule has 0 saturated carbocycles. The normalized spacial score (nSPS) is 17.2. The van der Waals surface area contributed by atoms with Crippen LogP contribution >= 0.6 is 0 Å². The molecule has 34 heavy (non-hydrogen) atoms. The fourth-order valence-corrected chi connectivity index (χ4v) is 4.83. The van der Waals surface area contributed by atoms with E-state index in [4.69, 9.17) is 0 Å². The third-order valence-corrected chi connectivity index (χ3v) is 7.23. The van der Waals surface area contributed by atoms with Gasteiger partial charge in [-0.05, 0) is 29.2 Å². The lowest BCUT2D eigenvalue weighted by Gasteiger charge is -2.33. The third kappa shape index (κ3) is 5.24. The largest absolute Gasteiger partial charge is 0.430 e. The fourth-order valence-electron chi connectivity index (χ4n) is 4.00. The Bertz CT molecular complexity index is 1110. The molecule has 2 aromatic rings.